The van der Waals surface area contributed by atoms with E-state index in [1.807, 2.05) is 25.1 Å². The third kappa shape index (κ3) is 10.2. The average molecular weight is 668 g/mol. The first-order valence-electron chi connectivity index (χ1n) is 16.2. The number of carbonyl (C=O) groups excluding carboxylic acids is 1. The number of hydrogen-bond acceptors (Lipinski definition) is 8. The van der Waals surface area contributed by atoms with E-state index < -0.39 is 16.1 Å². The Balaban J connectivity index is 1.64. The zero-order valence-electron chi connectivity index (χ0n) is 28.1. The standard InChI is InChI=1S/C36H49N3O7S/c1-26-22-39(27(2)25-40)36(41)33-21-30(37-47(42,43)32-17-15-31(44-5)16-18-32)14-19-34(33)46-28(3)11-9-10-20-45-35(26)24-38(4)23-29-12-7-6-8-13-29/h6-8,12-19,21,26-28,35,37,40H,9-11,20,22-25H2,1-5H3/t26-,27-,28-,35-/m0/s1. The van der Waals surface area contributed by atoms with Crippen molar-refractivity contribution in [2.24, 2.45) is 5.92 Å². The number of anilines is 1. The average Bonchev–Trinajstić information content (AvgIpc) is 3.06. The number of fused-ring (bicyclic) bond motifs is 1. The highest BCUT2D eigenvalue weighted by molar-refractivity contribution is 7.92. The van der Waals surface area contributed by atoms with Crippen LogP contribution in [0.25, 0.3) is 0 Å². The maximum absolute atomic E-state index is 14.4. The monoisotopic (exact) mass is 667 g/mol. The van der Waals surface area contributed by atoms with Gasteiger partial charge in [-0.25, -0.2) is 8.42 Å². The molecule has 11 heteroatoms. The summed E-state index contributed by atoms with van der Waals surface area (Å²) in [5.41, 5.74) is 1.65. The summed E-state index contributed by atoms with van der Waals surface area (Å²) in [5.74, 6) is 0.466. The van der Waals surface area contributed by atoms with Gasteiger partial charge in [0.25, 0.3) is 15.9 Å². The Labute approximate surface area is 279 Å². The van der Waals surface area contributed by atoms with Gasteiger partial charge in [0, 0.05) is 37.8 Å². The van der Waals surface area contributed by atoms with E-state index in [9.17, 15) is 18.3 Å². The molecule has 1 aliphatic heterocycles. The van der Waals surface area contributed by atoms with Crippen LogP contribution in [0.1, 0.15) is 56.0 Å². The van der Waals surface area contributed by atoms with E-state index >= 15 is 0 Å². The van der Waals surface area contributed by atoms with Crippen LogP contribution >= 0.6 is 0 Å². The normalized spacial score (nSPS) is 20.5. The lowest BCUT2D eigenvalue weighted by Crippen LogP contribution is -2.47. The number of carbonyl (C=O) groups is 1. The van der Waals surface area contributed by atoms with Gasteiger partial charge in [0.15, 0.2) is 0 Å². The van der Waals surface area contributed by atoms with E-state index in [-0.39, 0.29) is 46.8 Å². The second kappa shape index (κ2) is 17.0. The molecular weight excluding hydrogens is 618 g/mol. The highest BCUT2D eigenvalue weighted by Gasteiger charge is 2.30. The Morgan fingerprint density at radius 1 is 1.06 bits per heavy atom. The number of ether oxygens (including phenoxy) is 3. The maximum Gasteiger partial charge on any atom is 0.261 e. The Kier molecular flexibility index (Phi) is 13.1. The molecule has 4 rings (SSSR count). The molecule has 0 aliphatic carbocycles. The van der Waals surface area contributed by atoms with E-state index in [2.05, 4.69) is 35.7 Å². The first-order chi connectivity index (χ1) is 22.5. The van der Waals surface area contributed by atoms with Gasteiger partial charge < -0.3 is 24.2 Å². The number of rotatable bonds is 10. The molecule has 47 heavy (non-hydrogen) atoms. The second-order valence-electron chi connectivity index (χ2n) is 12.5. The topological polar surface area (TPSA) is 118 Å². The molecule has 3 aromatic rings. The van der Waals surface area contributed by atoms with Crippen LogP contribution in [0, 0.1) is 5.92 Å². The van der Waals surface area contributed by atoms with E-state index in [1.165, 1.54) is 30.9 Å². The third-order valence-corrected chi connectivity index (χ3v) is 9.86. The van der Waals surface area contributed by atoms with Crippen molar-refractivity contribution in [1.82, 2.24) is 9.80 Å². The van der Waals surface area contributed by atoms with E-state index in [0.717, 1.165) is 25.8 Å². The van der Waals surface area contributed by atoms with Gasteiger partial charge in [-0.2, -0.15) is 0 Å². The summed E-state index contributed by atoms with van der Waals surface area (Å²) in [6.07, 6.45) is 2.16. The van der Waals surface area contributed by atoms with E-state index in [4.69, 9.17) is 14.2 Å². The predicted molar refractivity (Wildman–Crippen MR) is 183 cm³/mol. The molecule has 0 aromatic heterocycles. The Morgan fingerprint density at radius 2 is 1.79 bits per heavy atom. The number of nitrogens with one attached hydrogen (secondary N) is 1. The van der Waals surface area contributed by atoms with Gasteiger partial charge in [-0.1, -0.05) is 37.3 Å². The second-order valence-corrected chi connectivity index (χ2v) is 14.2. The molecule has 0 fully saturated rings. The summed E-state index contributed by atoms with van der Waals surface area (Å²) in [6, 6.07) is 20.6. The molecule has 1 aliphatic rings. The number of nitrogens with zero attached hydrogens (tertiary/aromatic N) is 2. The quantitative estimate of drug-likeness (QED) is 0.294. The Bertz CT molecular complexity index is 1540. The number of hydrogen-bond donors (Lipinski definition) is 2. The largest absolute Gasteiger partial charge is 0.497 e. The van der Waals surface area contributed by atoms with Crippen LogP contribution in [0.15, 0.2) is 77.7 Å². The highest BCUT2D eigenvalue weighted by atomic mass is 32.2. The lowest BCUT2D eigenvalue weighted by Gasteiger charge is -2.36. The summed E-state index contributed by atoms with van der Waals surface area (Å²) in [6.45, 7) is 7.92. The summed E-state index contributed by atoms with van der Waals surface area (Å²) in [5, 5.41) is 10.2. The van der Waals surface area contributed by atoms with Crippen molar-refractivity contribution >= 4 is 21.6 Å². The molecule has 0 saturated heterocycles. The van der Waals surface area contributed by atoms with Crippen LogP contribution in [0.3, 0.4) is 0 Å². The third-order valence-electron chi connectivity index (χ3n) is 8.46. The summed E-state index contributed by atoms with van der Waals surface area (Å²) < 4.78 is 47.0. The fraction of sp³-hybridized carbons (Fsp3) is 0.472. The van der Waals surface area contributed by atoms with Gasteiger partial charge >= 0.3 is 0 Å². The molecule has 0 saturated carbocycles. The Hall–Kier alpha value is -3.64. The lowest BCUT2D eigenvalue weighted by molar-refractivity contribution is -0.0177. The molecule has 3 aromatic carbocycles. The van der Waals surface area contributed by atoms with E-state index in [1.54, 1.807) is 36.1 Å². The van der Waals surface area contributed by atoms with Gasteiger partial charge in [-0.15, -0.1) is 0 Å². The molecule has 0 unspecified atom stereocenters. The molecule has 0 spiro atoms. The zero-order chi connectivity index (χ0) is 34.0. The molecule has 0 radical (unpaired) electrons. The van der Waals surface area contributed by atoms with Gasteiger partial charge in [0.05, 0.1) is 42.4 Å². The predicted octanol–water partition coefficient (Wildman–Crippen LogP) is 5.42. The molecule has 256 valence electrons. The van der Waals surface area contributed by atoms with Crippen molar-refractivity contribution in [2.75, 3.05) is 45.2 Å². The van der Waals surface area contributed by atoms with Crippen molar-refractivity contribution in [2.45, 2.75) is 69.7 Å². The van der Waals surface area contributed by atoms with E-state index in [0.29, 0.717) is 31.2 Å². The first kappa shape index (κ1) is 36.2. The van der Waals surface area contributed by atoms with Crippen molar-refractivity contribution in [1.29, 1.82) is 0 Å². The lowest BCUT2D eigenvalue weighted by atomic mass is 10.0. The van der Waals surface area contributed by atoms with Gasteiger partial charge in [0.1, 0.15) is 11.5 Å². The molecule has 10 nitrogen and oxygen atoms in total. The molecule has 1 amide bonds. The van der Waals surface area contributed by atoms with Crippen molar-refractivity contribution in [3.8, 4) is 11.5 Å². The number of likely N-dealkylation sites (N-methyl/N-ethyl adjacent to an activating group) is 1. The molecule has 0 bridgehead atoms. The van der Waals surface area contributed by atoms with Crippen LogP contribution in [0.4, 0.5) is 5.69 Å². The number of aliphatic hydroxyl groups excluding tert-OH is 1. The minimum atomic E-state index is -3.96. The van der Waals surface area contributed by atoms with Gasteiger partial charge in [-0.3, -0.25) is 14.4 Å². The smallest absolute Gasteiger partial charge is 0.261 e. The maximum atomic E-state index is 14.4. The number of amides is 1. The molecule has 2 N–H and O–H groups in total. The van der Waals surface area contributed by atoms with Crippen molar-refractivity contribution in [3.63, 3.8) is 0 Å². The molecular formula is C36H49N3O7S. The van der Waals surface area contributed by atoms with Crippen LogP contribution in [0.2, 0.25) is 0 Å². The number of methoxy groups -OCH3 is 1. The zero-order valence-corrected chi connectivity index (χ0v) is 28.9. The fourth-order valence-electron chi connectivity index (χ4n) is 5.68. The molecule has 1 heterocycles. The fourth-order valence-corrected chi connectivity index (χ4v) is 6.73. The van der Waals surface area contributed by atoms with Crippen LogP contribution in [-0.4, -0.2) is 87.9 Å². The van der Waals surface area contributed by atoms with Gasteiger partial charge in [0.2, 0.25) is 0 Å². The summed E-state index contributed by atoms with van der Waals surface area (Å²) in [7, 11) is -0.382. The summed E-state index contributed by atoms with van der Waals surface area (Å²) >= 11 is 0. The molecule has 4 atom stereocenters. The first-order valence-corrected chi connectivity index (χ1v) is 17.7. The Morgan fingerprint density at radius 3 is 2.47 bits per heavy atom. The van der Waals surface area contributed by atoms with Gasteiger partial charge in [-0.05, 0) is 88.2 Å². The number of aliphatic hydroxyl groups is 1. The number of sulfonamides is 1. The summed E-state index contributed by atoms with van der Waals surface area (Å²) in [4.78, 5) is 18.3. The van der Waals surface area contributed by atoms with Crippen LogP contribution in [-0.2, 0) is 21.3 Å². The SMILES string of the molecule is COc1ccc(S(=O)(=O)Nc2ccc3c(c2)C(=O)N([C@@H](C)CO)C[C@H](C)[C@H](CN(C)Cc2ccccc2)OCCCC[C@H](C)O3)cc1. The van der Waals surface area contributed by atoms with Crippen molar-refractivity contribution in [3.05, 3.63) is 83.9 Å². The van der Waals surface area contributed by atoms with Crippen LogP contribution in [0.5, 0.6) is 11.5 Å². The highest BCUT2D eigenvalue weighted by Crippen LogP contribution is 2.30. The van der Waals surface area contributed by atoms with Crippen LogP contribution < -0.4 is 14.2 Å². The van der Waals surface area contributed by atoms with Crippen molar-refractivity contribution < 1.29 is 32.5 Å². The minimum Gasteiger partial charge on any atom is -0.497 e. The minimum absolute atomic E-state index is 0.0576. The number of benzene rings is 3.